The van der Waals surface area contributed by atoms with Gasteiger partial charge in [-0.25, -0.2) is 0 Å². The Labute approximate surface area is 77.4 Å². The second-order valence-electron chi connectivity index (χ2n) is 2.30. The Morgan fingerprint density at radius 2 is 2.42 bits per heavy atom. The van der Waals surface area contributed by atoms with Gasteiger partial charge in [-0.15, -0.1) is 0 Å². The minimum atomic E-state index is 0.658. The molecule has 0 spiro atoms. The van der Waals surface area contributed by atoms with Crippen LogP contribution in [0.4, 0.5) is 0 Å². The number of allylic oxidation sites excluding steroid dienone is 3. The molecule has 0 saturated heterocycles. The summed E-state index contributed by atoms with van der Waals surface area (Å²) in [5, 5.41) is 0.658. The fourth-order valence-corrected chi connectivity index (χ4v) is 1.22. The lowest BCUT2D eigenvalue weighted by molar-refractivity contribution is 1.32. The number of pyridine rings is 1. The summed E-state index contributed by atoms with van der Waals surface area (Å²) in [7, 11) is 0. The van der Waals surface area contributed by atoms with E-state index in [1.807, 2.05) is 19.1 Å². The summed E-state index contributed by atoms with van der Waals surface area (Å²) in [5.74, 6) is 0. The molecule has 1 aromatic rings. The van der Waals surface area contributed by atoms with E-state index < -0.39 is 0 Å². The predicted octanol–water partition coefficient (Wildman–Crippen LogP) is 3.32. The van der Waals surface area contributed by atoms with Crippen LogP contribution < -0.4 is 0 Å². The van der Waals surface area contributed by atoms with E-state index in [-0.39, 0.29) is 0 Å². The van der Waals surface area contributed by atoms with Crippen molar-refractivity contribution in [1.29, 1.82) is 0 Å². The first-order valence-electron chi connectivity index (χ1n) is 3.68. The first-order chi connectivity index (χ1) is 5.79. The molecule has 1 rings (SSSR count). The van der Waals surface area contributed by atoms with Gasteiger partial charge in [-0.05, 0) is 18.6 Å². The Morgan fingerprint density at radius 1 is 1.67 bits per heavy atom. The third-order valence-corrected chi connectivity index (χ3v) is 1.92. The first kappa shape index (κ1) is 9.01. The zero-order chi connectivity index (χ0) is 8.97. The van der Waals surface area contributed by atoms with Crippen LogP contribution in [0.1, 0.15) is 12.5 Å². The van der Waals surface area contributed by atoms with Crippen molar-refractivity contribution in [2.75, 3.05) is 0 Å². The van der Waals surface area contributed by atoms with Crippen LogP contribution in [-0.4, -0.2) is 4.98 Å². The molecule has 0 bridgehead atoms. The van der Waals surface area contributed by atoms with Gasteiger partial charge in [-0.1, -0.05) is 30.3 Å². The van der Waals surface area contributed by atoms with Crippen LogP contribution in [-0.2, 0) is 0 Å². The molecule has 0 atom stereocenters. The van der Waals surface area contributed by atoms with Crippen LogP contribution in [0.25, 0.3) is 5.57 Å². The van der Waals surface area contributed by atoms with Gasteiger partial charge in [0.25, 0.3) is 0 Å². The summed E-state index contributed by atoms with van der Waals surface area (Å²) in [6.45, 7) is 5.65. The third kappa shape index (κ3) is 1.74. The molecular weight excluding hydrogens is 170 g/mol. The maximum Gasteiger partial charge on any atom is 0.0667 e. The van der Waals surface area contributed by atoms with Crippen molar-refractivity contribution in [3.05, 3.63) is 47.8 Å². The molecule has 0 aliphatic heterocycles. The summed E-state index contributed by atoms with van der Waals surface area (Å²) in [5.41, 5.74) is 2.01. The zero-order valence-corrected chi connectivity index (χ0v) is 7.67. The van der Waals surface area contributed by atoms with Crippen molar-refractivity contribution in [3.63, 3.8) is 0 Å². The molecule has 0 unspecified atom stereocenters. The Morgan fingerprint density at radius 3 is 2.92 bits per heavy atom. The molecule has 1 aromatic heterocycles. The number of rotatable bonds is 2. The van der Waals surface area contributed by atoms with Crippen molar-refractivity contribution in [2.45, 2.75) is 6.92 Å². The number of hydrogen-bond donors (Lipinski definition) is 0. The molecule has 0 saturated carbocycles. The lowest BCUT2D eigenvalue weighted by Gasteiger charge is -2.02. The normalized spacial score (nSPS) is 11.3. The number of hydrogen-bond acceptors (Lipinski definition) is 1. The van der Waals surface area contributed by atoms with Crippen LogP contribution in [0.5, 0.6) is 0 Å². The van der Waals surface area contributed by atoms with Crippen LogP contribution >= 0.6 is 11.6 Å². The summed E-state index contributed by atoms with van der Waals surface area (Å²) in [6, 6.07) is 1.87. The van der Waals surface area contributed by atoms with E-state index in [0.717, 1.165) is 11.1 Å². The van der Waals surface area contributed by atoms with Gasteiger partial charge in [0.1, 0.15) is 0 Å². The van der Waals surface area contributed by atoms with Crippen molar-refractivity contribution >= 4 is 17.2 Å². The summed E-state index contributed by atoms with van der Waals surface area (Å²) in [6.07, 6.45) is 7.09. The van der Waals surface area contributed by atoms with Crippen molar-refractivity contribution in [2.24, 2.45) is 0 Å². The maximum atomic E-state index is 5.93. The molecule has 12 heavy (non-hydrogen) atoms. The van der Waals surface area contributed by atoms with Gasteiger partial charge >= 0.3 is 0 Å². The SMILES string of the molecule is C=C/C(=C\C)c1ccncc1Cl. The van der Waals surface area contributed by atoms with Gasteiger partial charge in [0.05, 0.1) is 5.02 Å². The Hall–Kier alpha value is -1.08. The lowest BCUT2D eigenvalue weighted by atomic mass is 10.1. The molecular formula is C10H10ClN. The van der Waals surface area contributed by atoms with Gasteiger partial charge < -0.3 is 0 Å². The van der Waals surface area contributed by atoms with E-state index in [0.29, 0.717) is 5.02 Å². The lowest BCUT2D eigenvalue weighted by Crippen LogP contribution is -1.82. The van der Waals surface area contributed by atoms with Crippen molar-refractivity contribution in [1.82, 2.24) is 4.98 Å². The average molecular weight is 180 g/mol. The standard InChI is InChI=1S/C10H10ClN/c1-3-8(4-2)9-5-6-12-7-10(9)11/h3-7H,1H2,2H3/b8-4+. The van der Waals surface area contributed by atoms with Crippen LogP contribution in [0, 0.1) is 0 Å². The summed E-state index contributed by atoms with van der Waals surface area (Å²) in [4.78, 5) is 3.90. The van der Waals surface area contributed by atoms with Crippen molar-refractivity contribution < 1.29 is 0 Å². The van der Waals surface area contributed by atoms with E-state index in [4.69, 9.17) is 11.6 Å². The highest BCUT2D eigenvalue weighted by Gasteiger charge is 2.00. The van der Waals surface area contributed by atoms with Gasteiger partial charge in [0.2, 0.25) is 0 Å². The largest absolute Gasteiger partial charge is 0.263 e. The number of halogens is 1. The first-order valence-corrected chi connectivity index (χ1v) is 4.06. The van der Waals surface area contributed by atoms with E-state index in [2.05, 4.69) is 11.6 Å². The van der Waals surface area contributed by atoms with E-state index in [1.165, 1.54) is 0 Å². The number of aromatic nitrogens is 1. The average Bonchev–Trinajstić information content (AvgIpc) is 2.10. The van der Waals surface area contributed by atoms with E-state index in [9.17, 15) is 0 Å². The molecule has 0 aliphatic rings. The predicted molar refractivity (Wildman–Crippen MR) is 53.1 cm³/mol. The minimum absolute atomic E-state index is 0.658. The van der Waals surface area contributed by atoms with Crippen LogP contribution in [0.15, 0.2) is 37.2 Å². The second-order valence-corrected chi connectivity index (χ2v) is 2.71. The smallest absolute Gasteiger partial charge is 0.0667 e. The molecule has 2 heteroatoms. The van der Waals surface area contributed by atoms with E-state index >= 15 is 0 Å². The monoisotopic (exact) mass is 179 g/mol. The van der Waals surface area contributed by atoms with Crippen LogP contribution in [0.3, 0.4) is 0 Å². The Bertz CT molecular complexity index is 315. The molecule has 1 heterocycles. The zero-order valence-electron chi connectivity index (χ0n) is 6.92. The quantitative estimate of drug-likeness (QED) is 0.635. The molecule has 1 nitrogen and oxygen atoms in total. The summed E-state index contributed by atoms with van der Waals surface area (Å²) < 4.78 is 0. The summed E-state index contributed by atoms with van der Waals surface area (Å²) >= 11 is 5.93. The molecule has 0 radical (unpaired) electrons. The molecule has 0 aromatic carbocycles. The van der Waals surface area contributed by atoms with Gasteiger partial charge in [0, 0.05) is 18.0 Å². The highest BCUT2D eigenvalue weighted by atomic mass is 35.5. The van der Waals surface area contributed by atoms with E-state index in [1.54, 1.807) is 18.5 Å². The highest BCUT2D eigenvalue weighted by molar-refractivity contribution is 6.32. The fraction of sp³-hybridized carbons (Fsp3) is 0.100. The minimum Gasteiger partial charge on any atom is -0.263 e. The molecule has 62 valence electrons. The van der Waals surface area contributed by atoms with Gasteiger partial charge in [0.15, 0.2) is 0 Å². The van der Waals surface area contributed by atoms with Gasteiger partial charge in [-0.3, -0.25) is 4.98 Å². The van der Waals surface area contributed by atoms with Gasteiger partial charge in [-0.2, -0.15) is 0 Å². The number of nitrogens with zero attached hydrogens (tertiary/aromatic N) is 1. The van der Waals surface area contributed by atoms with Crippen LogP contribution in [0.2, 0.25) is 5.02 Å². The Balaban J connectivity index is 3.18. The highest BCUT2D eigenvalue weighted by Crippen LogP contribution is 2.22. The maximum absolute atomic E-state index is 5.93. The Kier molecular flexibility index (Phi) is 3.06. The second kappa shape index (κ2) is 4.07. The fourth-order valence-electron chi connectivity index (χ4n) is 0.993. The third-order valence-electron chi connectivity index (χ3n) is 1.61. The molecule has 0 fully saturated rings. The molecule has 0 N–H and O–H groups in total. The van der Waals surface area contributed by atoms with Crippen molar-refractivity contribution in [3.8, 4) is 0 Å². The molecule has 0 amide bonds. The molecule has 0 aliphatic carbocycles. The topological polar surface area (TPSA) is 12.9 Å².